The van der Waals surface area contributed by atoms with Gasteiger partial charge in [-0.15, -0.1) is 0 Å². The van der Waals surface area contributed by atoms with E-state index in [2.05, 4.69) is 10.6 Å². The van der Waals surface area contributed by atoms with Crippen molar-refractivity contribution in [2.75, 3.05) is 13.1 Å². The summed E-state index contributed by atoms with van der Waals surface area (Å²) in [6.07, 6.45) is 8.54. The summed E-state index contributed by atoms with van der Waals surface area (Å²) in [6, 6.07) is 0.747. The molecule has 2 fully saturated rings. The van der Waals surface area contributed by atoms with Crippen molar-refractivity contribution in [1.82, 2.24) is 10.6 Å². The van der Waals surface area contributed by atoms with Crippen molar-refractivity contribution < 1.29 is 4.79 Å². The molecule has 15 heavy (non-hydrogen) atoms. The molecule has 0 saturated heterocycles. The Labute approximate surface area is 92.0 Å². The predicted octanol–water partition coefficient (Wildman–Crippen LogP) is 1.43. The predicted molar refractivity (Wildman–Crippen MR) is 60.6 cm³/mol. The average molecular weight is 210 g/mol. The van der Waals surface area contributed by atoms with E-state index < -0.39 is 0 Å². The zero-order chi connectivity index (χ0) is 10.5. The van der Waals surface area contributed by atoms with Crippen molar-refractivity contribution in [2.24, 2.45) is 5.92 Å². The highest BCUT2D eigenvalue weighted by Gasteiger charge is 2.20. The summed E-state index contributed by atoms with van der Waals surface area (Å²) >= 11 is 0. The van der Waals surface area contributed by atoms with Gasteiger partial charge in [-0.05, 0) is 31.6 Å². The van der Waals surface area contributed by atoms with E-state index in [0.29, 0.717) is 5.92 Å². The number of hydrogen-bond donors (Lipinski definition) is 2. The Morgan fingerprint density at radius 2 is 1.80 bits per heavy atom. The van der Waals surface area contributed by atoms with Gasteiger partial charge in [0.05, 0.1) is 0 Å². The topological polar surface area (TPSA) is 41.1 Å². The molecule has 0 unspecified atom stereocenters. The van der Waals surface area contributed by atoms with Crippen molar-refractivity contribution >= 4 is 5.91 Å². The summed E-state index contributed by atoms with van der Waals surface area (Å²) in [5, 5.41) is 6.38. The van der Waals surface area contributed by atoms with Crippen LogP contribution >= 0.6 is 0 Å². The van der Waals surface area contributed by atoms with E-state index in [1.54, 1.807) is 0 Å². The summed E-state index contributed by atoms with van der Waals surface area (Å²) in [5.41, 5.74) is 0. The van der Waals surface area contributed by atoms with Crippen LogP contribution in [0.2, 0.25) is 0 Å². The molecular weight excluding hydrogens is 188 g/mol. The van der Waals surface area contributed by atoms with Crippen molar-refractivity contribution in [1.29, 1.82) is 0 Å². The monoisotopic (exact) mass is 210 g/mol. The van der Waals surface area contributed by atoms with Gasteiger partial charge in [-0.2, -0.15) is 0 Å². The SMILES string of the molecule is O=C(CC1CCCC1)NCCNC1CC1. The van der Waals surface area contributed by atoms with Crippen molar-refractivity contribution in [2.45, 2.75) is 51.0 Å². The maximum absolute atomic E-state index is 11.5. The maximum atomic E-state index is 11.5. The zero-order valence-electron chi connectivity index (χ0n) is 9.43. The number of rotatable bonds is 6. The second-order valence-corrected chi connectivity index (χ2v) is 4.93. The highest BCUT2D eigenvalue weighted by molar-refractivity contribution is 5.76. The highest BCUT2D eigenvalue weighted by atomic mass is 16.1. The Bertz CT molecular complexity index is 208. The van der Waals surface area contributed by atoms with Crippen molar-refractivity contribution in [3.05, 3.63) is 0 Å². The molecular formula is C12H22N2O. The van der Waals surface area contributed by atoms with Crippen molar-refractivity contribution in [3.8, 4) is 0 Å². The first kappa shape index (κ1) is 10.9. The molecule has 0 spiro atoms. The molecule has 3 heteroatoms. The van der Waals surface area contributed by atoms with Crippen LogP contribution in [0.3, 0.4) is 0 Å². The third-order valence-electron chi connectivity index (χ3n) is 3.41. The minimum Gasteiger partial charge on any atom is -0.355 e. The molecule has 0 aliphatic heterocycles. The van der Waals surface area contributed by atoms with Gasteiger partial charge in [0.2, 0.25) is 5.91 Å². The molecule has 3 nitrogen and oxygen atoms in total. The fourth-order valence-electron chi connectivity index (χ4n) is 2.31. The lowest BCUT2D eigenvalue weighted by Crippen LogP contribution is -2.33. The molecule has 0 aromatic heterocycles. The van der Waals surface area contributed by atoms with Crippen LogP contribution in [0, 0.1) is 5.92 Å². The van der Waals surface area contributed by atoms with E-state index in [9.17, 15) is 4.79 Å². The first-order chi connectivity index (χ1) is 7.34. The van der Waals surface area contributed by atoms with Gasteiger partial charge in [0.25, 0.3) is 0 Å². The van der Waals surface area contributed by atoms with Crippen LogP contribution in [0.4, 0.5) is 0 Å². The summed E-state index contributed by atoms with van der Waals surface area (Å²) in [4.78, 5) is 11.5. The quantitative estimate of drug-likeness (QED) is 0.651. The molecule has 2 saturated carbocycles. The largest absolute Gasteiger partial charge is 0.355 e. The summed E-state index contributed by atoms with van der Waals surface area (Å²) in [5.74, 6) is 0.917. The Balaban J connectivity index is 1.47. The molecule has 0 aromatic carbocycles. The first-order valence-corrected chi connectivity index (χ1v) is 6.34. The molecule has 2 aliphatic rings. The van der Waals surface area contributed by atoms with Gasteiger partial charge < -0.3 is 10.6 Å². The lowest BCUT2D eigenvalue weighted by atomic mass is 10.0. The average Bonchev–Trinajstić information content (AvgIpc) is 2.91. The van der Waals surface area contributed by atoms with Crippen LogP contribution in [0.25, 0.3) is 0 Å². The summed E-state index contributed by atoms with van der Waals surface area (Å²) in [7, 11) is 0. The van der Waals surface area contributed by atoms with Crippen LogP contribution < -0.4 is 10.6 Å². The summed E-state index contributed by atoms with van der Waals surface area (Å²) in [6.45, 7) is 1.73. The van der Waals surface area contributed by atoms with Gasteiger partial charge >= 0.3 is 0 Å². The Kier molecular flexibility index (Phi) is 4.01. The van der Waals surface area contributed by atoms with Gasteiger partial charge in [0, 0.05) is 25.6 Å². The number of nitrogens with one attached hydrogen (secondary N) is 2. The fourth-order valence-corrected chi connectivity index (χ4v) is 2.31. The van der Waals surface area contributed by atoms with Crippen LogP contribution in [0.15, 0.2) is 0 Å². The van der Waals surface area contributed by atoms with Crippen molar-refractivity contribution in [3.63, 3.8) is 0 Å². The van der Waals surface area contributed by atoms with E-state index in [1.807, 2.05) is 0 Å². The minimum absolute atomic E-state index is 0.250. The van der Waals surface area contributed by atoms with E-state index in [-0.39, 0.29) is 5.91 Å². The number of amides is 1. The molecule has 2 N–H and O–H groups in total. The minimum atomic E-state index is 0.250. The molecule has 0 atom stereocenters. The van der Waals surface area contributed by atoms with Crippen LogP contribution in [-0.4, -0.2) is 25.0 Å². The smallest absolute Gasteiger partial charge is 0.220 e. The van der Waals surface area contributed by atoms with E-state index in [0.717, 1.165) is 25.6 Å². The maximum Gasteiger partial charge on any atom is 0.220 e. The van der Waals surface area contributed by atoms with E-state index in [4.69, 9.17) is 0 Å². The lowest BCUT2D eigenvalue weighted by Gasteiger charge is -2.09. The van der Waals surface area contributed by atoms with Gasteiger partial charge in [0.1, 0.15) is 0 Å². The van der Waals surface area contributed by atoms with Gasteiger partial charge in [-0.3, -0.25) is 4.79 Å². The normalized spacial score (nSPS) is 21.9. The van der Waals surface area contributed by atoms with E-state index in [1.165, 1.54) is 38.5 Å². The molecule has 2 rings (SSSR count). The standard InChI is InChI=1S/C12H22N2O/c15-12(9-10-3-1-2-4-10)14-8-7-13-11-5-6-11/h10-11,13H,1-9H2,(H,14,15). The van der Waals surface area contributed by atoms with Gasteiger partial charge in [0.15, 0.2) is 0 Å². The van der Waals surface area contributed by atoms with E-state index >= 15 is 0 Å². The fraction of sp³-hybridized carbons (Fsp3) is 0.917. The molecule has 0 bridgehead atoms. The van der Waals surface area contributed by atoms with Crippen LogP contribution in [0.5, 0.6) is 0 Å². The Hall–Kier alpha value is -0.570. The van der Waals surface area contributed by atoms with Crippen LogP contribution in [0.1, 0.15) is 44.9 Å². The molecule has 1 amide bonds. The lowest BCUT2D eigenvalue weighted by molar-refractivity contribution is -0.121. The highest BCUT2D eigenvalue weighted by Crippen LogP contribution is 2.27. The number of hydrogen-bond acceptors (Lipinski definition) is 2. The molecule has 2 aliphatic carbocycles. The van der Waals surface area contributed by atoms with Crippen LogP contribution in [-0.2, 0) is 4.79 Å². The third-order valence-corrected chi connectivity index (χ3v) is 3.41. The molecule has 0 heterocycles. The zero-order valence-corrected chi connectivity index (χ0v) is 9.43. The first-order valence-electron chi connectivity index (χ1n) is 6.34. The third kappa shape index (κ3) is 4.20. The second kappa shape index (κ2) is 5.50. The summed E-state index contributed by atoms with van der Waals surface area (Å²) < 4.78 is 0. The molecule has 86 valence electrons. The Morgan fingerprint density at radius 3 is 2.47 bits per heavy atom. The number of carbonyl (C=O) groups excluding carboxylic acids is 1. The molecule has 0 aromatic rings. The molecule has 0 radical (unpaired) electrons. The number of carbonyl (C=O) groups is 1. The second-order valence-electron chi connectivity index (χ2n) is 4.93. The van der Waals surface area contributed by atoms with Gasteiger partial charge in [-0.25, -0.2) is 0 Å². The Morgan fingerprint density at radius 1 is 1.07 bits per heavy atom. The van der Waals surface area contributed by atoms with Gasteiger partial charge in [-0.1, -0.05) is 12.8 Å².